The summed E-state index contributed by atoms with van der Waals surface area (Å²) < 4.78 is 12.1. The van der Waals surface area contributed by atoms with E-state index in [-0.39, 0.29) is 17.5 Å². The van der Waals surface area contributed by atoms with Crippen LogP contribution in [0, 0.1) is 0 Å². The van der Waals surface area contributed by atoms with Crippen molar-refractivity contribution in [3.8, 4) is 6.01 Å². The molecule has 0 unspecified atom stereocenters. The van der Waals surface area contributed by atoms with Crippen LogP contribution in [0.5, 0.6) is 6.01 Å². The van der Waals surface area contributed by atoms with Gasteiger partial charge in [-0.05, 0) is 24.0 Å². The number of imidazole rings is 1. The number of ether oxygens (including phenoxy) is 2. The highest BCUT2D eigenvalue weighted by molar-refractivity contribution is 5.81. The maximum Gasteiger partial charge on any atom is 0.328 e. The van der Waals surface area contributed by atoms with Crippen molar-refractivity contribution in [2.24, 2.45) is 0 Å². The average Bonchev–Trinajstić information content (AvgIpc) is 3.51. The van der Waals surface area contributed by atoms with E-state index in [1.165, 1.54) is 44.3 Å². The zero-order chi connectivity index (χ0) is 24.2. The molecule has 2 fully saturated rings. The molecular weight excluding hydrogens is 446 g/mol. The number of nitrogens with one attached hydrogen (secondary N) is 1. The molecule has 0 amide bonds. The molecule has 188 valence electrons. The van der Waals surface area contributed by atoms with Gasteiger partial charge in [0, 0.05) is 45.9 Å². The first-order valence-corrected chi connectivity index (χ1v) is 12.5. The Kier molecular flexibility index (Phi) is 7.31. The fourth-order valence-corrected chi connectivity index (χ4v) is 5.21. The third kappa shape index (κ3) is 5.50. The van der Waals surface area contributed by atoms with Gasteiger partial charge in [0.1, 0.15) is 12.1 Å². The van der Waals surface area contributed by atoms with E-state index in [1.807, 2.05) is 0 Å². The summed E-state index contributed by atoms with van der Waals surface area (Å²) >= 11 is 0. The third-order valence-electron chi connectivity index (χ3n) is 7.17. The zero-order valence-corrected chi connectivity index (χ0v) is 20.4. The molecule has 1 saturated heterocycles. The van der Waals surface area contributed by atoms with E-state index in [2.05, 4.69) is 49.0 Å². The van der Waals surface area contributed by atoms with Crippen molar-refractivity contribution < 1.29 is 9.47 Å². The lowest BCUT2D eigenvalue weighted by molar-refractivity contribution is 0.0937. The SMILES string of the molecule is COCCOc1nc(N)c2[nH]c(=O)n(Cc3ccc(CN4CCN(C5CCCC5)CC4)cc3)c2n1. The fourth-order valence-electron chi connectivity index (χ4n) is 5.21. The first-order valence-electron chi connectivity index (χ1n) is 12.5. The number of aromatic nitrogens is 4. The summed E-state index contributed by atoms with van der Waals surface area (Å²) in [5, 5.41) is 0. The van der Waals surface area contributed by atoms with Crippen LogP contribution in [-0.2, 0) is 17.8 Å². The maximum atomic E-state index is 12.6. The van der Waals surface area contributed by atoms with Gasteiger partial charge in [0.2, 0.25) is 0 Å². The van der Waals surface area contributed by atoms with Crippen molar-refractivity contribution in [1.29, 1.82) is 0 Å². The minimum absolute atomic E-state index is 0.128. The van der Waals surface area contributed by atoms with Crippen LogP contribution >= 0.6 is 0 Å². The predicted octanol–water partition coefficient (Wildman–Crippen LogP) is 1.84. The van der Waals surface area contributed by atoms with Crippen LogP contribution in [-0.4, -0.2) is 81.9 Å². The average molecular weight is 482 g/mol. The maximum absolute atomic E-state index is 12.6. The summed E-state index contributed by atoms with van der Waals surface area (Å²) in [5.41, 5.74) is 8.91. The van der Waals surface area contributed by atoms with Gasteiger partial charge in [-0.2, -0.15) is 9.97 Å². The molecule has 0 bridgehead atoms. The Hall–Kier alpha value is -2.95. The van der Waals surface area contributed by atoms with Crippen LogP contribution in [0.3, 0.4) is 0 Å². The second-order valence-electron chi connectivity index (χ2n) is 9.51. The van der Waals surface area contributed by atoms with Gasteiger partial charge >= 0.3 is 11.7 Å². The minimum atomic E-state index is -0.278. The molecule has 35 heavy (non-hydrogen) atoms. The number of fused-ring (bicyclic) bond motifs is 1. The second-order valence-corrected chi connectivity index (χ2v) is 9.51. The standard InChI is InChI=1S/C25H35N7O3/c1-34-14-15-35-24-28-22(26)21-23(29-24)32(25(33)27-21)17-19-8-6-18(7-9-19)16-30-10-12-31(13-11-30)20-4-2-3-5-20/h6-9,20H,2-5,10-17H2,1H3,(H,27,33)(H2,26,28,29). The number of nitrogens with two attached hydrogens (primary N) is 1. The van der Waals surface area contributed by atoms with E-state index >= 15 is 0 Å². The Bertz CT molecular complexity index is 1180. The van der Waals surface area contributed by atoms with Gasteiger partial charge in [0.25, 0.3) is 0 Å². The van der Waals surface area contributed by atoms with E-state index in [1.54, 1.807) is 11.7 Å². The molecule has 0 radical (unpaired) electrons. The van der Waals surface area contributed by atoms with Crippen LogP contribution < -0.4 is 16.2 Å². The number of nitrogen functional groups attached to an aromatic ring is 1. The summed E-state index contributed by atoms with van der Waals surface area (Å²) in [6, 6.07) is 9.41. The zero-order valence-electron chi connectivity index (χ0n) is 20.4. The number of hydrogen-bond donors (Lipinski definition) is 2. The molecule has 1 aromatic carbocycles. The molecule has 3 N–H and O–H groups in total. The molecule has 3 heterocycles. The number of nitrogens with zero attached hydrogens (tertiary/aromatic N) is 5. The highest BCUT2D eigenvalue weighted by Gasteiger charge is 2.26. The number of benzene rings is 1. The van der Waals surface area contributed by atoms with Gasteiger partial charge in [0.05, 0.1) is 13.2 Å². The topological polar surface area (TPSA) is 115 Å². The molecule has 1 aliphatic carbocycles. The van der Waals surface area contributed by atoms with Crippen molar-refractivity contribution in [3.63, 3.8) is 0 Å². The number of H-pyrrole nitrogens is 1. The molecule has 0 atom stereocenters. The minimum Gasteiger partial charge on any atom is -0.461 e. The largest absolute Gasteiger partial charge is 0.461 e. The third-order valence-corrected chi connectivity index (χ3v) is 7.17. The molecule has 10 heteroatoms. The highest BCUT2D eigenvalue weighted by Crippen LogP contribution is 2.25. The van der Waals surface area contributed by atoms with Gasteiger partial charge in [-0.15, -0.1) is 0 Å². The van der Waals surface area contributed by atoms with Gasteiger partial charge in [-0.3, -0.25) is 14.4 Å². The number of rotatable bonds is 9. The van der Waals surface area contributed by atoms with Gasteiger partial charge in [-0.25, -0.2) is 4.79 Å². The quantitative estimate of drug-likeness (QED) is 0.445. The normalized spacial score (nSPS) is 18.0. The summed E-state index contributed by atoms with van der Waals surface area (Å²) in [7, 11) is 1.59. The van der Waals surface area contributed by atoms with Crippen LogP contribution in [0.2, 0.25) is 0 Å². The summed E-state index contributed by atoms with van der Waals surface area (Å²) in [6.07, 6.45) is 5.54. The molecule has 2 aliphatic rings. The van der Waals surface area contributed by atoms with Crippen molar-refractivity contribution in [1.82, 2.24) is 29.3 Å². The molecule has 10 nitrogen and oxygen atoms in total. The highest BCUT2D eigenvalue weighted by atomic mass is 16.5. The molecule has 3 aromatic rings. The van der Waals surface area contributed by atoms with Gasteiger partial charge < -0.3 is 20.2 Å². The first-order chi connectivity index (χ1) is 17.1. The van der Waals surface area contributed by atoms with E-state index in [4.69, 9.17) is 15.2 Å². The van der Waals surface area contributed by atoms with E-state index in [0.29, 0.717) is 30.9 Å². The number of aromatic amines is 1. The summed E-state index contributed by atoms with van der Waals surface area (Å²) in [5.74, 6) is 0.182. The van der Waals surface area contributed by atoms with Crippen molar-refractivity contribution in [3.05, 3.63) is 45.9 Å². The predicted molar refractivity (Wildman–Crippen MR) is 135 cm³/mol. The Labute approximate surface area is 205 Å². The van der Waals surface area contributed by atoms with Gasteiger partial charge in [-0.1, -0.05) is 37.1 Å². The van der Waals surface area contributed by atoms with Crippen molar-refractivity contribution in [2.75, 3.05) is 52.2 Å². The van der Waals surface area contributed by atoms with Gasteiger partial charge in [0.15, 0.2) is 11.5 Å². The Morgan fingerprint density at radius 3 is 2.37 bits per heavy atom. The van der Waals surface area contributed by atoms with Crippen LogP contribution in [0.15, 0.2) is 29.1 Å². The summed E-state index contributed by atoms with van der Waals surface area (Å²) in [6.45, 7) is 6.64. The summed E-state index contributed by atoms with van der Waals surface area (Å²) in [4.78, 5) is 29.2. The fraction of sp³-hybridized carbons (Fsp3) is 0.560. The molecule has 2 aromatic heterocycles. The first kappa shape index (κ1) is 23.8. The van der Waals surface area contributed by atoms with E-state index in [0.717, 1.165) is 31.2 Å². The van der Waals surface area contributed by atoms with E-state index in [9.17, 15) is 4.79 Å². The smallest absolute Gasteiger partial charge is 0.328 e. The monoisotopic (exact) mass is 481 g/mol. The Morgan fingerprint density at radius 2 is 1.69 bits per heavy atom. The Morgan fingerprint density at radius 1 is 1.00 bits per heavy atom. The van der Waals surface area contributed by atoms with E-state index < -0.39 is 0 Å². The van der Waals surface area contributed by atoms with Crippen LogP contribution in [0.25, 0.3) is 11.2 Å². The molecule has 1 saturated carbocycles. The number of hydrogen-bond acceptors (Lipinski definition) is 8. The molecule has 5 rings (SSSR count). The number of methoxy groups -OCH3 is 1. The lowest BCUT2D eigenvalue weighted by Crippen LogP contribution is -2.49. The molecular formula is C25H35N7O3. The van der Waals surface area contributed by atoms with Crippen molar-refractivity contribution >= 4 is 17.0 Å². The van der Waals surface area contributed by atoms with Crippen LogP contribution in [0.1, 0.15) is 36.8 Å². The van der Waals surface area contributed by atoms with Crippen LogP contribution in [0.4, 0.5) is 5.82 Å². The second kappa shape index (κ2) is 10.8. The number of anilines is 1. The molecule has 0 spiro atoms. The lowest BCUT2D eigenvalue weighted by atomic mass is 10.1. The Balaban J connectivity index is 1.22. The molecule has 1 aliphatic heterocycles. The van der Waals surface area contributed by atoms with Crippen molar-refractivity contribution in [2.45, 2.75) is 44.8 Å². The lowest BCUT2D eigenvalue weighted by Gasteiger charge is -2.38. The number of piperazine rings is 1.